The van der Waals surface area contributed by atoms with Crippen molar-refractivity contribution in [1.29, 1.82) is 0 Å². The number of para-hydroxylation sites is 2. The fourth-order valence-electron chi connectivity index (χ4n) is 1.66. The Morgan fingerprint density at radius 3 is 2.21 bits per heavy atom. The molecular weight excluding hydrogens is 266 g/mol. The van der Waals surface area contributed by atoms with Crippen molar-refractivity contribution >= 4 is 10.0 Å². The van der Waals surface area contributed by atoms with Gasteiger partial charge in [-0.15, -0.1) is 0 Å². The second-order valence-corrected chi connectivity index (χ2v) is 5.95. The van der Waals surface area contributed by atoms with Crippen LogP contribution in [-0.2, 0) is 10.0 Å². The molecule has 108 valence electrons. The van der Waals surface area contributed by atoms with E-state index in [2.05, 4.69) is 0 Å². The van der Waals surface area contributed by atoms with Gasteiger partial charge in [-0.2, -0.15) is 0 Å². The van der Waals surface area contributed by atoms with Crippen LogP contribution in [0.1, 0.15) is 20.3 Å². The lowest BCUT2D eigenvalue weighted by Crippen LogP contribution is -2.26. The molecule has 1 unspecified atom stereocenters. The van der Waals surface area contributed by atoms with E-state index in [1.807, 2.05) is 32.0 Å². The zero-order valence-electron chi connectivity index (χ0n) is 11.3. The highest BCUT2D eigenvalue weighted by molar-refractivity contribution is 7.89. The monoisotopic (exact) mass is 287 g/mol. The molecule has 0 bridgehead atoms. The van der Waals surface area contributed by atoms with Crippen molar-refractivity contribution in [2.24, 2.45) is 11.1 Å². The standard InChI is InChI=1S/C13H21NO4S/c1-3-11(10-19(14,15)16)9-18-13-8-6-5-7-12(13)17-4-2/h5-8,11H,3-4,9-10H2,1-2H3,(H2,14,15,16). The summed E-state index contributed by atoms with van der Waals surface area (Å²) < 4.78 is 33.2. The van der Waals surface area contributed by atoms with Crippen LogP contribution in [0.25, 0.3) is 0 Å². The third-order valence-electron chi connectivity index (χ3n) is 2.67. The van der Waals surface area contributed by atoms with Gasteiger partial charge in [0.2, 0.25) is 10.0 Å². The third kappa shape index (κ3) is 5.94. The molecule has 0 radical (unpaired) electrons. The van der Waals surface area contributed by atoms with Crippen LogP contribution in [0, 0.1) is 5.92 Å². The first kappa shape index (κ1) is 15.8. The molecule has 6 heteroatoms. The van der Waals surface area contributed by atoms with E-state index < -0.39 is 10.0 Å². The van der Waals surface area contributed by atoms with Gasteiger partial charge in [-0.1, -0.05) is 19.1 Å². The smallest absolute Gasteiger partial charge is 0.209 e. The molecule has 1 aromatic carbocycles. The Morgan fingerprint density at radius 2 is 1.74 bits per heavy atom. The van der Waals surface area contributed by atoms with Gasteiger partial charge in [-0.3, -0.25) is 0 Å². The molecule has 0 aliphatic rings. The average molecular weight is 287 g/mol. The summed E-state index contributed by atoms with van der Waals surface area (Å²) in [5, 5.41) is 5.05. The Kier molecular flexibility index (Phi) is 6.11. The van der Waals surface area contributed by atoms with Gasteiger partial charge in [0, 0.05) is 5.92 Å². The fourth-order valence-corrected chi connectivity index (χ4v) is 2.65. The minimum absolute atomic E-state index is 0.0691. The molecule has 0 spiro atoms. The van der Waals surface area contributed by atoms with E-state index in [0.29, 0.717) is 31.1 Å². The van der Waals surface area contributed by atoms with Crippen LogP contribution >= 0.6 is 0 Å². The van der Waals surface area contributed by atoms with Crippen LogP contribution < -0.4 is 14.6 Å². The first-order valence-electron chi connectivity index (χ1n) is 6.31. The summed E-state index contributed by atoms with van der Waals surface area (Å²) in [5.41, 5.74) is 0. The van der Waals surface area contributed by atoms with Crippen molar-refractivity contribution in [2.75, 3.05) is 19.0 Å². The van der Waals surface area contributed by atoms with Gasteiger partial charge in [-0.05, 0) is 25.5 Å². The normalized spacial score (nSPS) is 13.0. The van der Waals surface area contributed by atoms with E-state index in [1.165, 1.54) is 0 Å². The first-order chi connectivity index (χ1) is 8.96. The second kappa shape index (κ2) is 7.35. The molecule has 0 saturated carbocycles. The lowest BCUT2D eigenvalue weighted by Gasteiger charge is -2.16. The molecule has 1 rings (SSSR count). The van der Waals surface area contributed by atoms with Crippen LogP contribution in [-0.4, -0.2) is 27.4 Å². The van der Waals surface area contributed by atoms with Crippen molar-refractivity contribution < 1.29 is 17.9 Å². The predicted molar refractivity (Wildman–Crippen MR) is 74.9 cm³/mol. The Labute approximate surface area is 114 Å². The summed E-state index contributed by atoms with van der Waals surface area (Å²) in [5.74, 6) is 1.10. The van der Waals surface area contributed by atoms with E-state index in [-0.39, 0.29) is 11.7 Å². The van der Waals surface area contributed by atoms with E-state index >= 15 is 0 Å². The molecule has 0 heterocycles. The van der Waals surface area contributed by atoms with Crippen LogP contribution in [0.15, 0.2) is 24.3 Å². The second-order valence-electron chi connectivity index (χ2n) is 4.29. The quantitative estimate of drug-likeness (QED) is 0.790. The highest BCUT2D eigenvalue weighted by atomic mass is 32.2. The number of hydrogen-bond donors (Lipinski definition) is 1. The highest BCUT2D eigenvalue weighted by Crippen LogP contribution is 2.27. The van der Waals surface area contributed by atoms with E-state index in [4.69, 9.17) is 14.6 Å². The molecule has 0 aromatic heterocycles. The summed E-state index contributed by atoms with van der Waals surface area (Å²) in [6.07, 6.45) is 0.688. The molecule has 1 aromatic rings. The summed E-state index contributed by atoms with van der Waals surface area (Å²) in [6, 6.07) is 7.33. The maximum absolute atomic E-state index is 11.1. The predicted octanol–water partition coefficient (Wildman–Crippen LogP) is 1.78. The number of rotatable bonds is 8. The maximum atomic E-state index is 11.1. The highest BCUT2D eigenvalue weighted by Gasteiger charge is 2.15. The lowest BCUT2D eigenvalue weighted by molar-refractivity contribution is 0.238. The molecule has 0 saturated heterocycles. The van der Waals surface area contributed by atoms with Crippen LogP contribution in [0.5, 0.6) is 11.5 Å². The molecule has 2 N–H and O–H groups in total. The van der Waals surface area contributed by atoms with Gasteiger partial charge in [0.15, 0.2) is 11.5 Å². The molecule has 19 heavy (non-hydrogen) atoms. The van der Waals surface area contributed by atoms with Gasteiger partial charge in [0.05, 0.1) is 19.0 Å². The summed E-state index contributed by atoms with van der Waals surface area (Å²) in [4.78, 5) is 0. The molecule has 5 nitrogen and oxygen atoms in total. The van der Waals surface area contributed by atoms with E-state index in [1.54, 1.807) is 6.07 Å². The van der Waals surface area contributed by atoms with E-state index in [9.17, 15) is 8.42 Å². The molecule has 0 fully saturated rings. The lowest BCUT2D eigenvalue weighted by atomic mass is 10.1. The number of benzene rings is 1. The molecule has 0 aliphatic carbocycles. The van der Waals surface area contributed by atoms with Crippen molar-refractivity contribution in [3.8, 4) is 11.5 Å². The molecule has 1 atom stereocenters. The summed E-state index contributed by atoms with van der Waals surface area (Å²) >= 11 is 0. The van der Waals surface area contributed by atoms with Gasteiger partial charge >= 0.3 is 0 Å². The number of nitrogens with two attached hydrogens (primary N) is 1. The van der Waals surface area contributed by atoms with Crippen LogP contribution in [0.3, 0.4) is 0 Å². The van der Waals surface area contributed by atoms with E-state index in [0.717, 1.165) is 0 Å². The summed E-state index contributed by atoms with van der Waals surface area (Å²) in [6.45, 7) is 4.66. The zero-order valence-corrected chi connectivity index (χ0v) is 12.2. The van der Waals surface area contributed by atoms with Crippen molar-refractivity contribution in [2.45, 2.75) is 20.3 Å². The average Bonchev–Trinajstić information content (AvgIpc) is 2.35. The number of sulfonamides is 1. The zero-order chi connectivity index (χ0) is 14.3. The largest absolute Gasteiger partial charge is 0.490 e. The van der Waals surface area contributed by atoms with Gasteiger partial charge in [-0.25, -0.2) is 13.6 Å². The fraction of sp³-hybridized carbons (Fsp3) is 0.538. The Balaban J connectivity index is 2.64. The molecule has 0 amide bonds. The van der Waals surface area contributed by atoms with Crippen molar-refractivity contribution in [3.05, 3.63) is 24.3 Å². The molecule has 0 aliphatic heterocycles. The minimum atomic E-state index is -3.47. The topological polar surface area (TPSA) is 78.6 Å². The SMILES string of the molecule is CCOc1ccccc1OCC(CC)CS(N)(=O)=O. The third-order valence-corrected chi connectivity index (χ3v) is 3.60. The first-order valence-corrected chi connectivity index (χ1v) is 8.03. The number of hydrogen-bond acceptors (Lipinski definition) is 4. The Morgan fingerprint density at radius 1 is 1.16 bits per heavy atom. The summed E-state index contributed by atoms with van der Waals surface area (Å²) in [7, 11) is -3.47. The number of ether oxygens (including phenoxy) is 2. The van der Waals surface area contributed by atoms with Crippen molar-refractivity contribution in [3.63, 3.8) is 0 Å². The van der Waals surface area contributed by atoms with Crippen LogP contribution in [0.2, 0.25) is 0 Å². The van der Waals surface area contributed by atoms with Gasteiger partial charge in [0.25, 0.3) is 0 Å². The van der Waals surface area contributed by atoms with Gasteiger partial charge in [0.1, 0.15) is 0 Å². The molecular formula is C13H21NO4S. The number of primary sulfonamides is 1. The minimum Gasteiger partial charge on any atom is -0.490 e. The van der Waals surface area contributed by atoms with Crippen molar-refractivity contribution in [1.82, 2.24) is 0 Å². The maximum Gasteiger partial charge on any atom is 0.209 e. The van der Waals surface area contributed by atoms with Gasteiger partial charge < -0.3 is 9.47 Å². The Bertz CT molecular complexity index is 487. The van der Waals surface area contributed by atoms with Crippen LogP contribution in [0.4, 0.5) is 0 Å². The Hall–Kier alpha value is -1.27.